The van der Waals surface area contributed by atoms with Crippen LogP contribution < -0.4 is 15.4 Å². The van der Waals surface area contributed by atoms with Crippen molar-refractivity contribution in [3.63, 3.8) is 0 Å². The van der Waals surface area contributed by atoms with Gasteiger partial charge in [0.15, 0.2) is 15.8 Å². The van der Waals surface area contributed by atoms with Crippen LogP contribution in [0.25, 0.3) is 0 Å². The number of nitrogens with one attached hydrogen (secondary N) is 2. The summed E-state index contributed by atoms with van der Waals surface area (Å²) in [5, 5.41) is 6.42. The van der Waals surface area contributed by atoms with Crippen LogP contribution in [0.2, 0.25) is 0 Å². The van der Waals surface area contributed by atoms with Gasteiger partial charge in [-0.15, -0.1) is 0 Å². The number of hydrogen-bond donors (Lipinski definition) is 2. The zero-order valence-electron chi connectivity index (χ0n) is 14.1. The molecular weight excluding hydrogens is 328 g/mol. The topological polar surface area (TPSA) is 83.0 Å². The highest BCUT2D eigenvalue weighted by atomic mass is 32.2. The number of benzene rings is 1. The fourth-order valence-electron chi connectivity index (χ4n) is 2.38. The van der Waals surface area contributed by atoms with Crippen LogP contribution in [0.4, 0.5) is 0 Å². The molecule has 8 heteroatoms. The van der Waals surface area contributed by atoms with Crippen LogP contribution >= 0.6 is 0 Å². The Morgan fingerprint density at radius 2 is 1.83 bits per heavy atom. The molecule has 134 valence electrons. The largest absolute Gasteiger partial charge is 0.492 e. The van der Waals surface area contributed by atoms with Gasteiger partial charge in [0.2, 0.25) is 0 Å². The second kappa shape index (κ2) is 9.48. The minimum atomic E-state index is -2.81. The number of guanidine groups is 1. The van der Waals surface area contributed by atoms with Gasteiger partial charge in [0.25, 0.3) is 0 Å². The normalized spacial score (nSPS) is 18.1. The molecule has 0 spiro atoms. The Morgan fingerprint density at radius 3 is 2.50 bits per heavy atom. The molecule has 0 radical (unpaired) electrons. The number of rotatable bonds is 7. The van der Waals surface area contributed by atoms with Gasteiger partial charge in [0.05, 0.1) is 18.1 Å². The average Bonchev–Trinajstić information content (AvgIpc) is 2.59. The van der Waals surface area contributed by atoms with Gasteiger partial charge in [-0.25, -0.2) is 8.42 Å². The van der Waals surface area contributed by atoms with E-state index in [9.17, 15) is 8.42 Å². The third-order valence-electron chi connectivity index (χ3n) is 3.79. The average molecular weight is 354 g/mol. The maximum absolute atomic E-state index is 11.4. The smallest absolute Gasteiger partial charge is 0.191 e. The molecule has 0 amide bonds. The Hall–Kier alpha value is -1.80. The number of aliphatic imine (C=N–C) groups is 1. The van der Waals surface area contributed by atoms with Crippen molar-refractivity contribution in [2.24, 2.45) is 4.99 Å². The van der Waals surface area contributed by atoms with Crippen molar-refractivity contribution >= 4 is 15.8 Å². The summed E-state index contributed by atoms with van der Waals surface area (Å²) in [4.78, 5) is 6.32. The predicted octanol–water partition coefficient (Wildman–Crippen LogP) is -0.0392. The van der Waals surface area contributed by atoms with E-state index in [1.54, 1.807) is 7.05 Å². The highest BCUT2D eigenvalue weighted by Gasteiger charge is 2.20. The van der Waals surface area contributed by atoms with E-state index in [1.165, 1.54) is 0 Å². The van der Waals surface area contributed by atoms with Gasteiger partial charge >= 0.3 is 0 Å². The van der Waals surface area contributed by atoms with E-state index in [-0.39, 0.29) is 11.5 Å². The Bertz CT molecular complexity index is 605. The summed E-state index contributed by atoms with van der Waals surface area (Å²) in [6.45, 7) is 3.95. The molecule has 1 fully saturated rings. The Morgan fingerprint density at radius 1 is 1.17 bits per heavy atom. The fraction of sp³-hybridized carbons (Fsp3) is 0.562. The highest BCUT2D eigenvalue weighted by molar-refractivity contribution is 7.91. The van der Waals surface area contributed by atoms with Crippen molar-refractivity contribution in [1.82, 2.24) is 15.5 Å². The maximum atomic E-state index is 11.4. The Balaban J connectivity index is 1.57. The summed E-state index contributed by atoms with van der Waals surface area (Å²) < 4.78 is 28.4. The molecule has 0 saturated carbocycles. The zero-order valence-corrected chi connectivity index (χ0v) is 14.9. The summed E-state index contributed by atoms with van der Waals surface area (Å²) >= 11 is 0. The van der Waals surface area contributed by atoms with Crippen LogP contribution in [-0.2, 0) is 9.84 Å². The first-order valence-electron chi connectivity index (χ1n) is 8.14. The molecule has 0 aromatic heterocycles. The SMILES string of the molecule is CN=C(NCCOc1ccccc1)NCCN1CCS(=O)(=O)CC1. The summed E-state index contributed by atoms with van der Waals surface area (Å²) in [5.74, 6) is 2.09. The van der Waals surface area contributed by atoms with Crippen LogP contribution in [0.5, 0.6) is 5.75 Å². The fourth-order valence-corrected chi connectivity index (χ4v) is 3.66. The lowest BCUT2D eigenvalue weighted by Gasteiger charge is -2.26. The van der Waals surface area contributed by atoms with Crippen molar-refractivity contribution < 1.29 is 13.2 Å². The third kappa shape index (κ3) is 6.76. The molecule has 0 bridgehead atoms. The molecule has 1 saturated heterocycles. The molecule has 2 N–H and O–H groups in total. The van der Waals surface area contributed by atoms with E-state index >= 15 is 0 Å². The second-order valence-electron chi connectivity index (χ2n) is 5.58. The summed E-state index contributed by atoms with van der Waals surface area (Å²) in [6.07, 6.45) is 0. The third-order valence-corrected chi connectivity index (χ3v) is 5.40. The van der Waals surface area contributed by atoms with E-state index in [1.807, 2.05) is 30.3 Å². The van der Waals surface area contributed by atoms with Crippen LogP contribution in [0.1, 0.15) is 0 Å². The van der Waals surface area contributed by atoms with Gasteiger partial charge in [-0.3, -0.25) is 9.89 Å². The summed E-state index contributed by atoms with van der Waals surface area (Å²) in [7, 11) is -1.09. The van der Waals surface area contributed by atoms with E-state index < -0.39 is 9.84 Å². The first-order valence-corrected chi connectivity index (χ1v) is 9.96. The molecule has 1 aliphatic rings. The van der Waals surface area contributed by atoms with Crippen molar-refractivity contribution in [2.45, 2.75) is 0 Å². The number of sulfone groups is 1. The molecule has 7 nitrogen and oxygen atoms in total. The van der Waals surface area contributed by atoms with E-state index in [2.05, 4.69) is 20.5 Å². The molecule has 24 heavy (non-hydrogen) atoms. The van der Waals surface area contributed by atoms with Gasteiger partial charge in [0.1, 0.15) is 12.4 Å². The van der Waals surface area contributed by atoms with Crippen molar-refractivity contribution in [2.75, 3.05) is 57.9 Å². The molecule has 0 atom stereocenters. The minimum Gasteiger partial charge on any atom is -0.492 e. The number of nitrogens with zero attached hydrogens (tertiary/aromatic N) is 2. The molecule has 1 heterocycles. The lowest BCUT2D eigenvalue weighted by molar-refractivity contribution is 0.299. The highest BCUT2D eigenvalue weighted by Crippen LogP contribution is 2.07. The Kier molecular flexibility index (Phi) is 7.33. The molecule has 0 aliphatic carbocycles. The van der Waals surface area contributed by atoms with Gasteiger partial charge in [-0.1, -0.05) is 18.2 Å². The molecule has 0 unspecified atom stereocenters. The number of para-hydroxylation sites is 1. The van der Waals surface area contributed by atoms with Crippen molar-refractivity contribution in [3.05, 3.63) is 30.3 Å². The first-order chi connectivity index (χ1) is 11.6. The predicted molar refractivity (Wildman–Crippen MR) is 96.4 cm³/mol. The van der Waals surface area contributed by atoms with Gasteiger partial charge < -0.3 is 15.4 Å². The zero-order chi connectivity index (χ0) is 17.3. The molecule has 1 aromatic rings. The lowest BCUT2D eigenvalue weighted by atomic mass is 10.3. The number of ether oxygens (including phenoxy) is 1. The lowest BCUT2D eigenvalue weighted by Crippen LogP contribution is -2.46. The quantitative estimate of drug-likeness (QED) is 0.406. The van der Waals surface area contributed by atoms with Crippen LogP contribution in [0.3, 0.4) is 0 Å². The van der Waals surface area contributed by atoms with Gasteiger partial charge in [-0.05, 0) is 12.1 Å². The maximum Gasteiger partial charge on any atom is 0.191 e. The van der Waals surface area contributed by atoms with E-state index in [0.29, 0.717) is 26.2 Å². The summed E-state index contributed by atoms with van der Waals surface area (Å²) in [6, 6.07) is 9.68. The first kappa shape index (κ1) is 18.5. The molecule has 2 rings (SSSR count). The monoisotopic (exact) mass is 354 g/mol. The molecule has 1 aliphatic heterocycles. The van der Waals surface area contributed by atoms with Crippen molar-refractivity contribution in [1.29, 1.82) is 0 Å². The van der Waals surface area contributed by atoms with Gasteiger partial charge in [-0.2, -0.15) is 0 Å². The van der Waals surface area contributed by atoms with Crippen molar-refractivity contribution in [3.8, 4) is 5.75 Å². The van der Waals surface area contributed by atoms with Gasteiger partial charge in [0, 0.05) is 33.2 Å². The summed E-state index contributed by atoms with van der Waals surface area (Å²) in [5.41, 5.74) is 0. The van der Waals surface area contributed by atoms with Crippen LogP contribution in [0.15, 0.2) is 35.3 Å². The minimum absolute atomic E-state index is 0.261. The standard InChI is InChI=1S/C16H26N4O3S/c1-17-16(19-8-12-23-15-5-3-2-4-6-15)18-7-9-20-10-13-24(21,22)14-11-20/h2-6H,7-14H2,1H3,(H2,17,18,19). The van der Waals surface area contributed by atoms with E-state index in [4.69, 9.17) is 4.74 Å². The molecular formula is C16H26N4O3S. The second-order valence-corrected chi connectivity index (χ2v) is 7.88. The van der Waals surface area contributed by atoms with E-state index in [0.717, 1.165) is 24.8 Å². The Labute approximate surface area is 144 Å². The van der Waals surface area contributed by atoms with Crippen LogP contribution in [0, 0.1) is 0 Å². The molecule has 1 aromatic carbocycles. The number of hydrogen-bond acceptors (Lipinski definition) is 5. The van der Waals surface area contributed by atoms with Crippen LogP contribution in [-0.4, -0.2) is 77.2 Å².